The Bertz CT molecular complexity index is 2070. The number of rotatable bonds is 15. The van der Waals surface area contributed by atoms with Crippen LogP contribution < -0.4 is 10.6 Å². The van der Waals surface area contributed by atoms with Gasteiger partial charge in [-0.25, -0.2) is 0 Å². The zero-order valence-electron chi connectivity index (χ0n) is 40.5. The van der Waals surface area contributed by atoms with Crippen molar-refractivity contribution in [2.24, 2.45) is 52.8 Å². The molecule has 2 saturated carbocycles. The van der Waals surface area contributed by atoms with Crippen molar-refractivity contribution in [2.45, 2.75) is 134 Å². The second-order valence-electron chi connectivity index (χ2n) is 21.3. The molecule has 10 nitrogen and oxygen atoms in total. The molecule has 4 aliphatic carbocycles. The Labute approximate surface area is 394 Å². The van der Waals surface area contributed by atoms with Crippen LogP contribution in [0.2, 0.25) is 0 Å². The van der Waals surface area contributed by atoms with E-state index in [2.05, 4.69) is 80.0 Å². The van der Waals surface area contributed by atoms with Gasteiger partial charge in [-0.05, 0) is 156 Å². The number of hydrogen-bond donors (Lipinski definition) is 7. The van der Waals surface area contributed by atoms with Gasteiger partial charge in [-0.15, -0.1) is 0 Å². The van der Waals surface area contributed by atoms with Crippen LogP contribution >= 0.6 is 0 Å². The molecular weight excluding hydrogens is 829 g/mol. The van der Waals surface area contributed by atoms with Crippen molar-refractivity contribution in [3.63, 3.8) is 0 Å². The van der Waals surface area contributed by atoms with Gasteiger partial charge in [0.15, 0.2) is 6.29 Å². The number of aldehydes is 1. The highest BCUT2D eigenvalue weighted by Gasteiger charge is 2.69. The lowest BCUT2D eigenvalue weighted by molar-refractivity contribution is -0.195. The zero-order valence-corrected chi connectivity index (χ0v) is 40.5. The van der Waals surface area contributed by atoms with Crippen molar-refractivity contribution in [3.05, 3.63) is 118 Å². The van der Waals surface area contributed by atoms with Gasteiger partial charge in [0.2, 0.25) is 0 Å². The number of allylic oxidation sites excluding steroid dienone is 9. The first-order valence-corrected chi connectivity index (χ1v) is 24.9. The van der Waals surface area contributed by atoms with Crippen LogP contribution in [0, 0.1) is 52.8 Å². The van der Waals surface area contributed by atoms with Crippen molar-refractivity contribution in [2.75, 3.05) is 33.9 Å². The van der Waals surface area contributed by atoms with Crippen LogP contribution in [-0.4, -0.2) is 102 Å². The molecule has 14 unspecified atom stereocenters. The molecule has 1 spiro atoms. The van der Waals surface area contributed by atoms with E-state index in [4.69, 9.17) is 16.1 Å². The van der Waals surface area contributed by atoms with Crippen LogP contribution in [0.4, 0.5) is 0 Å². The molecule has 0 radical (unpaired) electrons. The molecule has 0 aromatic heterocycles. The Kier molecular flexibility index (Phi) is 16.5. The van der Waals surface area contributed by atoms with Gasteiger partial charge in [-0.3, -0.25) is 10.1 Å². The molecule has 66 heavy (non-hydrogen) atoms. The van der Waals surface area contributed by atoms with Gasteiger partial charge in [0.25, 0.3) is 0 Å². The highest BCUT2D eigenvalue weighted by molar-refractivity contribution is 5.74. The Hall–Kier alpha value is -3.29. The van der Waals surface area contributed by atoms with E-state index in [0.29, 0.717) is 50.8 Å². The predicted molar refractivity (Wildman–Crippen MR) is 261 cm³/mol. The number of fused-ring (bicyclic) bond motifs is 6. The highest BCUT2D eigenvalue weighted by atomic mass is 16.6. The van der Waals surface area contributed by atoms with E-state index in [1.54, 1.807) is 7.11 Å². The fourth-order valence-electron chi connectivity index (χ4n) is 13.4. The van der Waals surface area contributed by atoms with Gasteiger partial charge < -0.3 is 40.3 Å². The van der Waals surface area contributed by atoms with Crippen LogP contribution in [0.1, 0.15) is 96.6 Å². The molecule has 6 aliphatic rings. The number of carbonyl (C=O) groups excluding carboxylic acids is 1. The Balaban J connectivity index is 1.28. The summed E-state index contributed by atoms with van der Waals surface area (Å²) < 4.78 is 12.0. The minimum atomic E-state index is -1.28. The third-order valence-electron chi connectivity index (χ3n) is 16.8. The lowest BCUT2D eigenvalue weighted by Crippen LogP contribution is -2.65. The zero-order chi connectivity index (χ0) is 47.4. The van der Waals surface area contributed by atoms with E-state index in [9.17, 15) is 30.3 Å². The number of nitrogens with one attached hydrogen (secondary N) is 2. The van der Waals surface area contributed by atoms with E-state index in [-0.39, 0.29) is 53.6 Å². The van der Waals surface area contributed by atoms with E-state index >= 15 is 0 Å². The molecule has 0 saturated heterocycles. The fourth-order valence-corrected chi connectivity index (χ4v) is 13.4. The van der Waals surface area contributed by atoms with Crippen molar-refractivity contribution < 1.29 is 39.8 Å². The minimum absolute atomic E-state index is 0.0558. The molecule has 2 heterocycles. The summed E-state index contributed by atoms with van der Waals surface area (Å²) in [6.07, 6.45) is 21.6. The van der Waals surface area contributed by atoms with Gasteiger partial charge in [-0.2, -0.15) is 0 Å². The monoisotopic (exact) mass is 909 g/mol. The summed E-state index contributed by atoms with van der Waals surface area (Å²) in [5.41, 5.74) is 4.17. The molecule has 7 N–H and O–H groups in total. The maximum atomic E-state index is 13.3. The molecule has 6 bridgehead atoms. The van der Waals surface area contributed by atoms with Gasteiger partial charge >= 0.3 is 0 Å². The third-order valence-corrected chi connectivity index (χ3v) is 16.8. The summed E-state index contributed by atoms with van der Waals surface area (Å²) in [5.74, 6) is -0.975. The normalized spacial score (nSPS) is 38.9. The molecule has 1 aromatic carbocycles. The topological polar surface area (TPSA) is 161 Å². The van der Waals surface area contributed by atoms with Gasteiger partial charge in [-0.1, -0.05) is 104 Å². The smallest absolute Gasteiger partial charge is 0.162 e. The molecular formula is C56H80N2O8. The molecule has 1 aromatic rings. The number of aliphatic hydroxyl groups excluding tert-OH is 4. The van der Waals surface area contributed by atoms with Crippen molar-refractivity contribution in [1.82, 2.24) is 10.6 Å². The first kappa shape index (κ1) is 50.6. The largest absolute Gasteiger partial charge is 0.396 e. The second kappa shape index (κ2) is 21.6. The summed E-state index contributed by atoms with van der Waals surface area (Å²) in [7, 11) is 3.59. The molecule has 14 atom stereocenters. The number of ether oxygens (including phenoxy) is 2. The molecule has 0 amide bonds. The molecule has 362 valence electrons. The molecule has 7 rings (SSSR count). The van der Waals surface area contributed by atoms with E-state index in [0.717, 1.165) is 67.1 Å². The van der Waals surface area contributed by atoms with Crippen LogP contribution in [0.15, 0.2) is 107 Å². The number of aliphatic hydroxyl groups is 5. The number of methoxy groups -OCH3 is 1. The van der Waals surface area contributed by atoms with Gasteiger partial charge in [0, 0.05) is 49.0 Å². The SMILES string of the molecule is C=C(C=CC=C(C1C=CC(C(C)C)C(O)O1)C1CCC2(C1O)C1C(=C(C)C=O)C(C=CC1CCO)CC2(O)CCNC)C1Cc2cccc(c2)CC(C)(CCOC)NC(O)C2=CC1CCC2. The summed E-state index contributed by atoms with van der Waals surface area (Å²) in [5, 5.41) is 66.8. The Morgan fingerprint density at radius 3 is 2.59 bits per heavy atom. The van der Waals surface area contributed by atoms with Crippen molar-refractivity contribution in [1.29, 1.82) is 0 Å². The standard InChI is InChI=1S/C56H80N2O8/c1-35(2)44-19-20-48(66-53(44)63)45(46-21-23-56(51(46)61)50-40(22-27-59)17-18-43(49(50)37(4)34-60)33-55(56,64)24-26-57-6)16-8-11-36(3)47-30-38-12-9-13-39(29-38)32-54(5,25-28-65-7)58-52(62)42-15-10-14-41(47)31-42/h8-9,11-13,16-20,29,31,34-35,40-41,43-44,46-48,50-53,57-59,61-64H,3,10,14-15,21-28,30,32-33H2,1-2,4-7H3. The lowest BCUT2D eigenvalue weighted by Gasteiger charge is -2.61. The molecule has 2 fully saturated rings. The van der Waals surface area contributed by atoms with Crippen LogP contribution in [-0.2, 0) is 27.1 Å². The molecule has 10 heteroatoms. The average molecular weight is 909 g/mol. The van der Waals surface area contributed by atoms with Gasteiger partial charge in [0.05, 0.1) is 11.7 Å². The van der Waals surface area contributed by atoms with Crippen molar-refractivity contribution >= 4 is 6.29 Å². The average Bonchev–Trinajstić information content (AvgIpc) is 3.64. The van der Waals surface area contributed by atoms with Crippen molar-refractivity contribution in [3.8, 4) is 0 Å². The summed E-state index contributed by atoms with van der Waals surface area (Å²) in [4.78, 5) is 12.6. The van der Waals surface area contributed by atoms with E-state index < -0.39 is 41.7 Å². The van der Waals surface area contributed by atoms with Crippen LogP contribution in [0.5, 0.6) is 0 Å². The first-order valence-electron chi connectivity index (χ1n) is 24.9. The quantitative estimate of drug-likeness (QED) is 0.0414. The second-order valence-corrected chi connectivity index (χ2v) is 21.3. The third kappa shape index (κ3) is 10.2. The summed E-state index contributed by atoms with van der Waals surface area (Å²) in [6, 6.07) is 8.80. The Morgan fingerprint density at radius 1 is 1.09 bits per heavy atom. The van der Waals surface area contributed by atoms with Crippen LogP contribution in [0.25, 0.3) is 0 Å². The fraction of sp³-hybridized carbons (Fsp3) is 0.625. The van der Waals surface area contributed by atoms with Gasteiger partial charge in [0.1, 0.15) is 18.6 Å². The lowest BCUT2D eigenvalue weighted by atomic mass is 9.45. The summed E-state index contributed by atoms with van der Waals surface area (Å²) in [6.45, 7) is 13.9. The predicted octanol–water partition coefficient (Wildman–Crippen LogP) is 7.23. The molecule has 2 aliphatic heterocycles. The number of hydrogen-bond acceptors (Lipinski definition) is 10. The van der Waals surface area contributed by atoms with Crippen LogP contribution in [0.3, 0.4) is 0 Å². The van der Waals surface area contributed by atoms with E-state index in [1.165, 1.54) is 11.1 Å². The number of benzene rings is 1. The number of carbonyl (C=O) groups is 1. The highest BCUT2D eigenvalue weighted by Crippen LogP contribution is 2.67. The Morgan fingerprint density at radius 2 is 1.88 bits per heavy atom. The maximum Gasteiger partial charge on any atom is 0.162 e. The van der Waals surface area contributed by atoms with E-state index in [1.807, 2.05) is 38.3 Å². The minimum Gasteiger partial charge on any atom is -0.396 e. The first-order chi connectivity index (χ1) is 31.6. The summed E-state index contributed by atoms with van der Waals surface area (Å²) >= 11 is 0. The maximum absolute atomic E-state index is 13.3.